The highest BCUT2D eigenvalue weighted by Crippen LogP contribution is 2.30. The Hall–Kier alpha value is -3.19. The maximum Gasteiger partial charge on any atom is 0.259 e. The Kier molecular flexibility index (Phi) is 6.13. The SMILES string of the molecule is Cc1ccc(C2CCN(C(=O)c3cnc4c(Br)cnn4c3NCc3ccccc3)CC2)cc1. The maximum absolute atomic E-state index is 13.6. The van der Waals surface area contributed by atoms with E-state index < -0.39 is 0 Å². The van der Waals surface area contributed by atoms with Crippen LogP contribution in [0.15, 0.2) is 71.5 Å². The molecule has 7 heteroatoms. The number of nitrogens with zero attached hydrogens (tertiary/aromatic N) is 4. The molecule has 0 aliphatic carbocycles. The van der Waals surface area contributed by atoms with Crippen LogP contribution < -0.4 is 5.32 Å². The van der Waals surface area contributed by atoms with Gasteiger partial charge in [-0.3, -0.25) is 4.79 Å². The highest BCUT2D eigenvalue weighted by molar-refractivity contribution is 9.10. The average molecular weight is 504 g/mol. The summed E-state index contributed by atoms with van der Waals surface area (Å²) in [6, 6.07) is 18.9. The highest BCUT2D eigenvalue weighted by Gasteiger charge is 2.27. The van der Waals surface area contributed by atoms with Crippen LogP contribution in [0.1, 0.15) is 45.8 Å². The first-order valence-electron chi connectivity index (χ1n) is 11.3. The molecule has 0 saturated carbocycles. The highest BCUT2D eigenvalue weighted by atomic mass is 79.9. The van der Waals surface area contributed by atoms with E-state index in [2.05, 4.69) is 74.7 Å². The zero-order valence-corrected chi connectivity index (χ0v) is 20.1. The van der Waals surface area contributed by atoms with Gasteiger partial charge in [0.05, 0.1) is 10.7 Å². The second-order valence-electron chi connectivity index (χ2n) is 8.56. The van der Waals surface area contributed by atoms with E-state index in [1.807, 2.05) is 23.1 Å². The molecule has 1 saturated heterocycles. The minimum atomic E-state index is -0.00561. The Bertz CT molecular complexity index is 1260. The second kappa shape index (κ2) is 9.35. The first-order chi connectivity index (χ1) is 16.1. The molecule has 1 aliphatic rings. The Balaban J connectivity index is 1.37. The molecule has 0 spiro atoms. The Morgan fingerprint density at radius 3 is 2.52 bits per heavy atom. The molecule has 0 unspecified atom stereocenters. The van der Waals surface area contributed by atoms with Gasteiger partial charge in [0.25, 0.3) is 5.91 Å². The number of carbonyl (C=O) groups is 1. The predicted molar refractivity (Wildman–Crippen MR) is 134 cm³/mol. The van der Waals surface area contributed by atoms with E-state index in [9.17, 15) is 4.79 Å². The van der Waals surface area contributed by atoms with Gasteiger partial charge in [-0.25, -0.2) is 4.98 Å². The Labute approximate surface area is 201 Å². The van der Waals surface area contributed by atoms with Crippen molar-refractivity contribution in [1.82, 2.24) is 19.5 Å². The van der Waals surface area contributed by atoms with Gasteiger partial charge in [0, 0.05) is 25.8 Å². The van der Waals surface area contributed by atoms with Gasteiger partial charge in [-0.05, 0) is 52.7 Å². The molecule has 0 bridgehead atoms. The minimum Gasteiger partial charge on any atom is -0.365 e. The van der Waals surface area contributed by atoms with Crippen molar-refractivity contribution in [3.8, 4) is 0 Å². The zero-order chi connectivity index (χ0) is 22.8. The van der Waals surface area contributed by atoms with Crippen LogP contribution in [0.25, 0.3) is 5.65 Å². The summed E-state index contributed by atoms with van der Waals surface area (Å²) in [5, 5.41) is 7.89. The summed E-state index contributed by atoms with van der Waals surface area (Å²) in [5.74, 6) is 1.15. The van der Waals surface area contributed by atoms with Crippen molar-refractivity contribution >= 4 is 33.3 Å². The number of hydrogen-bond acceptors (Lipinski definition) is 4. The van der Waals surface area contributed by atoms with E-state index in [4.69, 9.17) is 0 Å². The van der Waals surface area contributed by atoms with Gasteiger partial charge in [-0.1, -0.05) is 60.2 Å². The first kappa shape index (κ1) is 21.6. The molecule has 6 nitrogen and oxygen atoms in total. The minimum absolute atomic E-state index is 0.00561. The molecule has 1 fully saturated rings. The average Bonchev–Trinajstić information content (AvgIpc) is 3.24. The molecule has 1 aliphatic heterocycles. The molecule has 0 radical (unpaired) electrons. The van der Waals surface area contributed by atoms with Crippen molar-refractivity contribution in [3.05, 3.63) is 93.7 Å². The van der Waals surface area contributed by atoms with Gasteiger partial charge >= 0.3 is 0 Å². The number of aryl methyl sites for hydroxylation is 1. The summed E-state index contributed by atoms with van der Waals surface area (Å²) in [6.07, 6.45) is 5.30. The van der Waals surface area contributed by atoms with Gasteiger partial charge in [0.15, 0.2) is 5.65 Å². The molecular formula is C26H26BrN5O. The number of amides is 1. The number of likely N-dealkylation sites (tertiary alicyclic amines) is 1. The van der Waals surface area contributed by atoms with Crippen molar-refractivity contribution in [2.45, 2.75) is 32.2 Å². The summed E-state index contributed by atoms with van der Waals surface area (Å²) >= 11 is 3.50. The molecule has 2 aromatic heterocycles. The summed E-state index contributed by atoms with van der Waals surface area (Å²) in [5.41, 5.74) is 4.99. The maximum atomic E-state index is 13.6. The summed E-state index contributed by atoms with van der Waals surface area (Å²) in [4.78, 5) is 20.0. The number of rotatable bonds is 5. The number of aromatic nitrogens is 3. The quantitative estimate of drug-likeness (QED) is 0.394. The number of nitrogens with one attached hydrogen (secondary N) is 1. The number of fused-ring (bicyclic) bond motifs is 1. The molecule has 2 aromatic carbocycles. The number of hydrogen-bond donors (Lipinski definition) is 1. The van der Waals surface area contributed by atoms with Crippen LogP contribution in [0.3, 0.4) is 0 Å². The van der Waals surface area contributed by atoms with Crippen molar-refractivity contribution in [1.29, 1.82) is 0 Å². The van der Waals surface area contributed by atoms with E-state index in [0.717, 1.165) is 36.0 Å². The van der Waals surface area contributed by atoms with Gasteiger partial charge in [-0.2, -0.15) is 9.61 Å². The monoisotopic (exact) mass is 503 g/mol. The van der Waals surface area contributed by atoms with Crippen molar-refractivity contribution in [2.24, 2.45) is 0 Å². The van der Waals surface area contributed by atoms with E-state index in [1.165, 1.54) is 11.1 Å². The topological polar surface area (TPSA) is 62.5 Å². The van der Waals surface area contributed by atoms with E-state index >= 15 is 0 Å². The lowest BCUT2D eigenvalue weighted by atomic mass is 9.89. The first-order valence-corrected chi connectivity index (χ1v) is 12.1. The molecular weight excluding hydrogens is 478 g/mol. The van der Waals surface area contributed by atoms with Crippen LogP contribution in [-0.2, 0) is 6.54 Å². The van der Waals surface area contributed by atoms with Crippen molar-refractivity contribution < 1.29 is 4.79 Å². The van der Waals surface area contributed by atoms with Crippen molar-refractivity contribution in [2.75, 3.05) is 18.4 Å². The zero-order valence-electron chi connectivity index (χ0n) is 18.5. The molecule has 4 aromatic rings. The number of halogens is 1. The third kappa shape index (κ3) is 4.50. The molecule has 5 rings (SSSR count). The Morgan fingerprint density at radius 2 is 1.79 bits per heavy atom. The lowest BCUT2D eigenvalue weighted by molar-refractivity contribution is 0.0713. The van der Waals surface area contributed by atoms with Crippen LogP contribution >= 0.6 is 15.9 Å². The fourth-order valence-corrected chi connectivity index (χ4v) is 4.80. The molecule has 3 heterocycles. The van der Waals surface area contributed by atoms with Gasteiger partial charge < -0.3 is 10.2 Å². The number of piperidine rings is 1. The lowest BCUT2D eigenvalue weighted by Crippen LogP contribution is -2.38. The van der Waals surface area contributed by atoms with E-state index in [1.54, 1.807) is 16.9 Å². The summed E-state index contributed by atoms with van der Waals surface area (Å²) < 4.78 is 2.50. The third-order valence-corrected chi connectivity index (χ3v) is 6.91. The molecule has 1 amide bonds. The predicted octanol–water partition coefficient (Wildman–Crippen LogP) is 5.43. The Morgan fingerprint density at radius 1 is 1.06 bits per heavy atom. The molecule has 33 heavy (non-hydrogen) atoms. The van der Waals surface area contributed by atoms with Gasteiger partial charge in [0.1, 0.15) is 11.4 Å². The van der Waals surface area contributed by atoms with Crippen LogP contribution in [0.2, 0.25) is 0 Å². The number of anilines is 1. The summed E-state index contributed by atoms with van der Waals surface area (Å²) in [6.45, 7) is 4.16. The molecule has 168 valence electrons. The normalized spacial score (nSPS) is 14.5. The van der Waals surface area contributed by atoms with Crippen LogP contribution in [-0.4, -0.2) is 38.5 Å². The van der Waals surface area contributed by atoms with Crippen LogP contribution in [0.4, 0.5) is 5.82 Å². The van der Waals surface area contributed by atoms with E-state index in [-0.39, 0.29) is 5.91 Å². The third-order valence-electron chi connectivity index (χ3n) is 6.35. The second-order valence-corrected chi connectivity index (χ2v) is 9.42. The molecule has 0 atom stereocenters. The lowest BCUT2D eigenvalue weighted by Gasteiger charge is -2.32. The fourth-order valence-electron chi connectivity index (χ4n) is 4.44. The standard InChI is InChI=1S/C26H26BrN5O/c1-18-7-9-20(10-8-18)21-11-13-31(14-12-21)26(33)22-16-29-25-23(27)17-30-32(25)24(22)28-15-19-5-3-2-4-6-19/h2-10,16-17,21,28H,11-15H2,1H3. The number of benzene rings is 2. The number of carbonyl (C=O) groups excluding carboxylic acids is 1. The van der Waals surface area contributed by atoms with Gasteiger partial charge in [-0.15, -0.1) is 0 Å². The molecule has 1 N–H and O–H groups in total. The fraction of sp³-hybridized carbons (Fsp3) is 0.269. The van der Waals surface area contributed by atoms with Crippen LogP contribution in [0, 0.1) is 6.92 Å². The van der Waals surface area contributed by atoms with Gasteiger partial charge in [0.2, 0.25) is 0 Å². The van der Waals surface area contributed by atoms with Crippen LogP contribution in [0.5, 0.6) is 0 Å². The van der Waals surface area contributed by atoms with E-state index in [0.29, 0.717) is 29.5 Å². The largest absolute Gasteiger partial charge is 0.365 e. The van der Waals surface area contributed by atoms with Crippen molar-refractivity contribution in [3.63, 3.8) is 0 Å². The smallest absolute Gasteiger partial charge is 0.259 e. The summed E-state index contributed by atoms with van der Waals surface area (Å²) in [7, 11) is 0.